The van der Waals surface area contributed by atoms with E-state index < -0.39 is 0 Å². The van der Waals surface area contributed by atoms with Gasteiger partial charge < -0.3 is 5.32 Å². The number of hydrogen-bond acceptors (Lipinski definition) is 4. The zero-order valence-electron chi connectivity index (χ0n) is 11.9. The van der Waals surface area contributed by atoms with E-state index in [4.69, 9.17) is 0 Å². The summed E-state index contributed by atoms with van der Waals surface area (Å²) in [5.74, 6) is 0.596. The molecule has 0 atom stereocenters. The molecule has 0 aromatic carbocycles. The molecule has 2 heterocycles. The third-order valence-corrected chi connectivity index (χ3v) is 3.65. The van der Waals surface area contributed by atoms with Crippen molar-refractivity contribution in [3.05, 3.63) is 53.5 Å². The van der Waals surface area contributed by atoms with Gasteiger partial charge in [0.1, 0.15) is 11.9 Å². The second kappa shape index (κ2) is 5.76. The summed E-state index contributed by atoms with van der Waals surface area (Å²) >= 11 is 0. The highest BCUT2D eigenvalue weighted by Gasteiger charge is 2.12. The Morgan fingerprint density at radius 1 is 1.29 bits per heavy atom. The fourth-order valence-corrected chi connectivity index (χ4v) is 2.47. The molecule has 21 heavy (non-hydrogen) atoms. The van der Waals surface area contributed by atoms with Crippen molar-refractivity contribution in [2.75, 3.05) is 5.32 Å². The highest BCUT2D eigenvalue weighted by atomic mass is 15.0. The molecule has 4 heteroatoms. The van der Waals surface area contributed by atoms with E-state index in [2.05, 4.69) is 27.4 Å². The minimum atomic E-state index is 0.542. The summed E-state index contributed by atoms with van der Waals surface area (Å²) in [7, 11) is 0. The minimum Gasteiger partial charge on any atom is -0.338 e. The largest absolute Gasteiger partial charge is 0.338 e. The molecule has 1 aliphatic rings. The molecule has 2 aromatic rings. The van der Waals surface area contributed by atoms with Crippen LogP contribution in [0.2, 0.25) is 0 Å². The van der Waals surface area contributed by atoms with E-state index >= 15 is 0 Å². The maximum atomic E-state index is 9.26. The lowest BCUT2D eigenvalue weighted by Crippen LogP contribution is -2.01. The Morgan fingerprint density at radius 2 is 2.19 bits per heavy atom. The number of nitrogens with one attached hydrogen (secondary N) is 1. The molecular weight excluding hydrogens is 260 g/mol. The van der Waals surface area contributed by atoms with Crippen molar-refractivity contribution in [1.29, 1.82) is 5.26 Å². The van der Waals surface area contributed by atoms with Crippen LogP contribution in [0.3, 0.4) is 0 Å². The fraction of sp³-hybridized carbons (Fsp3) is 0.235. The van der Waals surface area contributed by atoms with Crippen LogP contribution < -0.4 is 5.32 Å². The van der Waals surface area contributed by atoms with Gasteiger partial charge in [-0.15, -0.1) is 0 Å². The van der Waals surface area contributed by atoms with Gasteiger partial charge in [-0.2, -0.15) is 5.26 Å². The van der Waals surface area contributed by atoms with Crippen molar-refractivity contribution >= 4 is 17.1 Å². The minimum absolute atomic E-state index is 0.542. The van der Waals surface area contributed by atoms with Gasteiger partial charge in [0, 0.05) is 6.20 Å². The predicted octanol–water partition coefficient (Wildman–Crippen LogP) is 3.97. The van der Waals surface area contributed by atoms with Crippen molar-refractivity contribution in [2.45, 2.75) is 26.2 Å². The molecule has 4 nitrogen and oxygen atoms in total. The van der Waals surface area contributed by atoms with Gasteiger partial charge in [0.25, 0.3) is 0 Å². The number of nitrogens with zero attached hydrogens (tertiary/aromatic N) is 3. The Morgan fingerprint density at radius 3 is 2.90 bits per heavy atom. The third kappa shape index (κ3) is 2.77. The highest BCUT2D eigenvalue weighted by molar-refractivity contribution is 5.70. The van der Waals surface area contributed by atoms with Crippen molar-refractivity contribution in [3.8, 4) is 6.07 Å². The lowest BCUT2D eigenvalue weighted by atomic mass is 10.1. The maximum absolute atomic E-state index is 9.26. The molecule has 0 bridgehead atoms. The Hall–Kier alpha value is -2.67. The summed E-state index contributed by atoms with van der Waals surface area (Å²) in [5, 5.41) is 12.5. The van der Waals surface area contributed by atoms with Crippen LogP contribution in [0.15, 0.2) is 36.5 Å². The summed E-state index contributed by atoms with van der Waals surface area (Å²) in [6.07, 6.45) is 7.33. The number of allylic oxidation sites excluding steroid dienone is 2. The summed E-state index contributed by atoms with van der Waals surface area (Å²) in [6, 6.07) is 9.75. The van der Waals surface area contributed by atoms with Crippen LogP contribution in [0.25, 0.3) is 5.57 Å². The van der Waals surface area contributed by atoms with Crippen LogP contribution in [0.1, 0.15) is 36.2 Å². The Balaban J connectivity index is 1.98. The first kappa shape index (κ1) is 13.3. The molecule has 0 saturated heterocycles. The normalized spacial score (nSPS) is 13.6. The fourth-order valence-electron chi connectivity index (χ4n) is 2.47. The van der Waals surface area contributed by atoms with Crippen LogP contribution >= 0.6 is 0 Å². The van der Waals surface area contributed by atoms with Gasteiger partial charge in [-0.3, -0.25) is 4.98 Å². The number of pyridine rings is 2. The number of aromatic nitrogens is 2. The maximum Gasteiger partial charge on any atom is 0.149 e. The zero-order valence-corrected chi connectivity index (χ0v) is 11.9. The molecule has 2 aromatic heterocycles. The summed E-state index contributed by atoms with van der Waals surface area (Å²) in [4.78, 5) is 8.88. The molecule has 1 aliphatic carbocycles. The molecular formula is C17H16N4. The summed E-state index contributed by atoms with van der Waals surface area (Å²) < 4.78 is 0. The number of aryl methyl sites for hydroxylation is 1. The van der Waals surface area contributed by atoms with Crippen molar-refractivity contribution in [2.24, 2.45) is 0 Å². The topological polar surface area (TPSA) is 61.6 Å². The second-order valence-corrected chi connectivity index (χ2v) is 5.09. The van der Waals surface area contributed by atoms with Crippen molar-refractivity contribution in [1.82, 2.24) is 9.97 Å². The molecule has 0 aliphatic heterocycles. The quantitative estimate of drug-likeness (QED) is 0.921. The van der Waals surface area contributed by atoms with E-state index in [0.717, 1.165) is 29.9 Å². The van der Waals surface area contributed by atoms with Crippen LogP contribution in [0.4, 0.5) is 11.5 Å². The second-order valence-electron chi connectivity index (χ2n) is 5.09. The van der Waals surface area contributed by atoms with Gasteiger partial charge in [-0.05, 0) is 56.0 Å². The average molecular weight is 276 g/mol. The van der Waals surface area contributed by atoms with Gasteiger partial charge in [0.15, 0.2) is 0 Å². The Labute approximate surface area is 124 Å². The van der Waals surface area contributed by atoms with Crippen LogP contribution in [-0.2, 0) is 0 Å². The summed E-state index contributed by atoms with van der Waals surface area (Å²) in [6.45, 7) is 1.93. The molecule has 0 spiro atoms. The molecule has 0 fully saturated rings. The number of anilines is 2. The summed E-state index contributed by atoms with van der Waals surface area (Å²) in [5.41, 5.74) is 4.52. The van der Waals surface area contributed by atoms with E-state index in [1.54, 1.807) is 6.20 Å². The molecule has 0 unspecified atom stereocenters. The predicted molar refractivity (Wildman–Crippen MR) is 83.0 cm³/mol. The van der Waals surface area contributed by atoms with Gasteiger partial charge in [-0.1, -0.05) is 6.08 Å². The molecule has 0 radical (unpaired) electrons. The van der Waals surface area contributed by atoms with Crippen LogP contribution in [0, 0.1) is 18.3 Å². The first-order valence-electron chi connectivity index (χ1n) is 7.07. The van der Waals surface area contributed by atoms with Gasteiger partial charge in [-0.25, -0.2) is 4.98 Å². The van der Waals surface area contributed by atoms with E-state index in [-0.39, 0.29) is 0 Å². The van der Waals surface area contributed by atoms with Crippen molar-refractivity contribution in [3.63, 3.8) is 0 Å². The molecule has 104 valence electrons. The highest BCUT2D eigenvalue weighted by Crippen LogP contribution is 2.29. The molecule has 0 amide bonds. The Bertz CT molecular complexity index is 741. The van der Waals surface area contributed by atoms with Gasteiger partial charge in [0.2, 0.25) is 0 Å². The first-order chi connectivity index (χ1) is 10.3. The van der Waals surface area contributed by atoms with E-state index in [1.807, 2.05) is 31.2 Å². The molecule has 1 N–H and O–H groups in total. The average Bonchev–Trinajstić information content (AvgIpc) is 3.04. The van der Waals surface area contributed by atoms with Gasteiger partial charge >= 0.3 is 0 Å². The molecule has 3 rings (SSSR count). The Kier molecular flexibility index (Phi) is 3.65. The number of hydrogen-bond donors (Lipinski definition) is 1. The SMILES string of the molecule is Cc1ncccc1Nc1nc(C2=CCCC2)ccc1C#N. The third-order valence-electron chi connectivity index (χ3n) is 3.65. The smallest absolute Gasteiger partial charge is 0.149 e. The monoisotopic (exact) mass is 276 g/mol. The van der Waals surface area contributed by atoms with Crippen LogP contribution in [-0.4, -0.2) is 9.97 Å². The van der Waals surface area contributed by atoms with E-state index in [1.165, 1.54) is 12.0 Å². The zero-order chi connectivity index (χ0) is 14.7. The molecule has 0 saturated carbocycles. The standard InChI is InChI=1S/C17H16N4/c1-12-15(7-4-10-19-12)20-17-14(11-18)8-9-16(21-17)13-5-2-3-6-13/h4-5,7-10H,2-3,6H2,1H3,(H,20,21). The first-order valence-corrected chi connectivity index (χ1v) is 7.07. The number of rotatable bonds is 3. The lowest BCUT2D eigenvalue weighted by Gasteiger charge is -2.11. The lowest BCUT2D eigenvalue weighted by molar-refractivity contribution is 0.933. The number of nitriles is 1. The van der Waals surface area contributed by atoms with Gasteiger partial charge in [0.05, 0.1) is 22.6 Å². The van der Waals surface area contributed by atoms with E-state index in [0.29, 0.717) is 11.4 Å². The van der Waals surface area contributed by atoms with Crippen LogP contribution in [0.5, 0.6) is 0 Å². The van der Waals surface area contributed by atoms with Crippen molar-refractivity contribution < 1.29 is 0 Å². The van der Waals surface area contributed by atoms with E-state index in [9.17, 15) is 5.26 Å².